The van der Waals surface area contributed by atoms with E-state index in [1.54, 1.807) is 30.3 Å². The van der Waals surface area contributed by atoms with Crippen LogP contribution >= 0.6 is 0 Å². The molecule has 23 heavy (non-hydrogen) atoms. The Morgan fingerprint density at radius 3 is 2.26 bits per heavy atom. The van der Waals surface area contributed by atoms with Crippen molar-refractivity contribution in [2.24, 2.45) is 0 Å². The van der Waals surface area contributed by atoms with Crippen molar-refractivity contribution in [3.8, 4) is 0 Å². The van der Waals surface area contributed by atoms with E-state index in [1.807, 2.05) is 0 Å². The smallest absolute Gasteiger partial charge is 0.269 e. The summed E-state index contributed by atoms with van der Waals surface area (Å²) in [6.07, 6.45) is 1.30. The minimum atomic E-state index is -3.84. The van der Waals surface area contributed by atoms with Crippen LogP contribution in [0.3, 0.4) is 0 Å². The van der Waals surface area contributed by atoms with Gasteiger partial charge in [0.25, 0.3) is 15.7 Å². The van der Waals surface area contributed by atoms with Gasteiger partial charge in [0, 0.05) is 17.7 Å². The van der Waals surface area contributed by atoms with Crippen molar-refractivity contribution in [3.05, 3.63) is 81.2 Å². The molecule has 2 aromatic carbocycles. The molecule has 2 N–H and O–H groups in total. The molecule has 2 aromatic rings. The summed E-state index contributed by atoms with van der Waals surface area (Å²) in [5.74, 6) is -0.237. The maximum Gasteiger partial charge on any atom is 0.269 e. The van der Waals surface area contributed by atoms with Crippen LogP contribution in [0.25, 0.3) is 6.08 Å². The van der Waals surface area contributed by atoms with Crippen molar-refractivity contribution in [2.75, 3.05) is 0 Å². The first-order chi connectivity index (χ1) is 10.9. The molecular formula is C15H13N3O4S. The highest BCUT2D eigenvalue weighted by atomic mass is 32.2. The third kappa shape index (κ3) is 4.75. The standard InChI is InChI=1S/C15H13N3O4S/c16-15(13-4-2-1-3-5-13)17-23(21,22)11-10-12-6-8-14(9-7-12)18(19)20/h1-11H,(H2,16,17). The van der Waals surface area contributed by atoms with Crippen LogP contribution in [0.5, 0.6) is 0 Å². The molecule has 8 heteroatoms. The maximum absolute atomic E-state index is 11.9. The van der Waals surface area contributed by atoms with E-state index in [2.05, 4.69) is 4.72 Å². The molecule has 118 valence electrons. The largest absolute Gasteiger partial charge is 0.283 e. The lowest BCUT2D eigenvalue weighted by Gasteiger charge is -2.05. The number of hydrogen-bond acceptors (Lipinski definition) is 5. The summed E-state index contributed by atoms with van der Waals surface area (Å²) in [6.45, 7) is 0. The molecule has 0 radical (unpaired) electrons. The summed E-state index contributed by atoms with van der Waals surface area (Å²) >= 11 is 0. The fraction of sp³-hybridized carbons (Fsp3) is 0. The number of benzene rings is 2. The molecule has 0 aromatic heterocycles. The van der Waals surface area contributed by atoms with Gasteiger partial charge in [-0.1, -0.05) is 30.3 Å². The molecule has 0 spiro atoms. The van der Waals surface area contributed by atoms with Gasteiger partial charge in [0.2, 0.25) is 0 Å². The van der Waals surface area contributed by atoms with Crippen LogP contribution in [-0.2, 0) is 10.0 Å². The predicted molar refractivity (Wildman–Crippen MR) is 87.5 cm³/mol. The Kier molecular flexibility index (Phi) is 4.87. The zero-order chi connectivity index (χ0) is 16.9. The van der Waals surface area contributed by atoms with Gasteiger partial charge >= 0.3 is 0 Å². The molecular weight excluding hydrogens is 318 g/mol. The number of nitro groups is 1. The molecule has 0 fully saturated rings. The van der Waals surface area contributed by atoms with Gasteiger partial charge in [-0.25, -0.2) is 8.42 Å². The van der Waals surface area contributed by atoms with Gasteiger partial charge in [-0.15, -0.1) is 0 Å². The lowest BCUT2D eigenvalue weighted by molar-refractivity contribution is -0.384. The topological polar surface area (TPSA) is 113 Å². The summed E-state index contributed by atoms with van der Waals surface area (Å²) in [7, 11) is -3.84. The van der Waals surface area contributed by atoms with Crippen molar-refractivity contribution in [1.82, 2.24) is 4.72 Å². The molecule has 0 heterocycles. The average Bonchev–Trinajstić information content (AvgIpc) is 2.54. The van der Waals surface area contributed by atoms with E-state index >= 15 is 0 Å². The second kappa shape index (κ2) is 6.84. The molecule has 0 unspecified atom stereocenters. The van der Waals surface area contributed by atoms with Gasteiger partial charge in [0.05, 0.1) is 10.3 Å². The summed E-state index contributed by atoms with van der Waals surface area (Å²) in [6, 6.07) is 13.8. The van der Waals surface area contributed by atoms with Crippen LogP contribution < -0.4 is 4.72 Å². The maximum atomic E-state index is 11.9. The van der Waals surface area contributed by atoms with Crippen molar-refractivity contribution < 1.29 is 13.3 Å². The van der Waals surface area contributed by atoms with Crippen molar-refractivity contribution >= 4 is 27.6 Å². The lowest BCUT2D eigenvalue weighted by atomic mass is 10.2. The molecule has 0 amide bonds. The Morgan fingerprint density at radius 1 is 1.09 bits per heavy atom. The number of rotatable bonds is 5. The summed E-state index contributed by atoms with van der Waals surface area (Å²) in [5, 5.41) is 19.2. The van der Waals surface area contributed by atoms with E-state index in [0.29, 0.717) is 11.1 Å². The molecule has 0 saturated heterocycles. The van der Waals surface area contributed by atoms with Gasteiger partial charge < -0.3 is 0 Å². The number of sulfonamides is 1. The molecule has 0 aliphatic heterocycles. The second-order valence-corrected chi connectivity index (χ2v) is 6.11. The first kappa shape index (κ1) is 16.4. The van der Waals surface area contributed by atoms with E-state index in [0.717, 1.165) is 5.41 Å². The van der Waals surface area contributed by atoms with Crippen LogP contribution in [0.4, 0.5) is 5.69 Å². The monoisotopic (exact) mass is 331 g/mol. The Bertz CT molecular complexity index is 844. The highest BCUT2D eigenvalue weighted by Crippen LogP contribution is 2.13. The average molecular weight is 331 g/mol. The van der Waals surface area contributed by atoms with E-state index in [4.69, 9.17) is 5.41 Å². The Balaban J connectivity index is 2.08. The number of nitrogens with one attached hydrogen (secondary N) is 2. The molecule has 2 rings (SSSR count). The van der Waals surface area contributed by atoms with E-state index in [1.165, 1.54) is 30.3 Å². The van der Waals surface area contributed by atoms with Gasteiger partial charge in [-0.3, -0.25) is 20.2 Å². The number of amidine groups is 1. The molecule has 0 bridgehead atoms. The fourth-order valence-corrected chi connectivity index (χ4v) is 2.52. The van der Waals surface area contributed by atoms with Crippen LogP contribution in [0, 0.1) is 15.5 Å². The normalized spacial score (nSPS) is 11.3. The number of non-ortho nitro benzene ring substituents is 1. The fourth-order valence-electron chi connectivity index (χ4n) is 1.72. The summed E-state index contributed by atoms with van der Waals surface area (Å²) in [4.78, 5) is 10.0. The predicted octanol–water partition coefficient (Wildman–Crippen LogP) is 2.51. The number of nitro benzene ring substituents is 1. The highest BCUT2D eigenvalue weighted by Gasteiger charge is 2.09. The van der Waals surface area contributed by atoms with Gasteiger partial charge in [-0.2, -0.15) is 0 Å². The molecule has 0 atom stereocenters. The van der Waals surface area contributed by atoms with Crippen LogP contribution in [0.1, 0.15) is 11.1 Å². The summed E-state index contributed by atoms with van der Waals surface area (Å²) < 4.78 is 26.0. The Hall–Kier alpha value is -3.00. The first-order valence-corrected chi connectivity index (χ1v) is 8.01. The van der Waals surface area contributed by atoms with Gasteiger partial charge in [0.1, 0.15) is 5.84 Å². The van der Waals surface area contributed by atoms with E-state index in [-0.39, 0.29) is 11.5 Å². The highest BCUT2D eigenvalue weighted by molar-refractivity contribution is 7.93. The van der Waals surface area contributed by atoms with E-state index < -0.39 is 14.9 Å². The Morgan fingerprint density at radius 2 is 1.70 bits per heavy atom. The van der Waals surface area contributed by atoms with E-state index in [9.17, 15) is 18.5 Å². The number of hydrogen-bond donors (Lipinski definition) is 2. The quantitative estimate of drug-likeness (QED) is 0.379. The zero-order valence-electron chi connectivity index (χ0n) is 11.8. The molecule has 0 aliphatic carbocycles. The van der Waals surface area contributed by atoms with Gasteiger partial charge in [-0.05, 0) is 23.8 Å². The van der Waals surface area contributed by atoms with Gasteiger partial charge in [0.15, 0.2) is 0 Å². The third-order valence-corrected chi connectivity index (χ3v) is 3.83. The molecule has 0 aliphatic rings. The Labute approximate surface area is 133 Å². The van der Waals surface area contributed by atoms with Crippen molar-refractivity contribution in [2.45, 2.75) is 0 Å². The van der Waals surface area contributed by atoms with Crippen LogP contribution in [0.15, 0.2) is 60.0 Å². The molecule has 0 saturated carbocycles. The summed E-state index contributed by atoms with van der Waals surface area (Å²) in [5.41, 5.74) is 0.862. The van der Waals surface area contributed by atoms with Crippen LogP contribution in [0.2, 0.25) is 0 Å². The third-order valence-electron chi connectivity index (χ3n) is 2.85. The lowest BCUT2D eigenvalue weighted by Crippen LogP contribution is -2.28. The van der Waals surface area contributed by atoms with Crippen molar-refractivity contribution in [1.29, 1.82) is 5.41 Å². The van der Waals surface area contributed by atoms with Crippen molar-refractivity contribution in [3.63, 3.8) is 0 Å². The minimum Gasteiger partial charge on any atom is -0.283 e. The second-order valence-electron chi connectivity index (χ2n) is 4.54. The zero-order valence-corrected chi connectivity index (χ0v) is 12.7. The first-order valence-electron chi connectivity index (χ1n) is 6.47. The molecule has 7 nitrogen and oxygen atoms in total. The number of nitrogens with zero attached hydrogens (tertiary/aromatic N) is 1. The minimum absolute atomic E-state index is 0.0750. The SMILES string of the molecule is N=C(NS(=O)(=O)C=Cc1ccc([N+](=O)[O-])cc1)c1ccccc1. The van der Waals surface area contributed by atoms with Crippen LogP contribution in [-0.4, -0.2) is 19.2 Å².